The first-order valence-corrected chi connectivity index (χ1v) is 5.76. The number of hydrogen-bond acceptors (Lipinski definition) is 2. The normalized spacial score (nSPS) is 21.0. The van der Waals surface area contributed by atoms with Gasteiger partial charge in [-0.15, -0.1) is 0 Å². The molecular formula is C12H16ClNO. The van der Waals surface area contributed by atoms with E-state index >= 15 is 0 Å². The highest BCUT2D eigenvalue weighted by Gasteiger charge is 2.22. The van der Waals surface area contributed by atoms with Crippen LogP contribution in [0.1, 0.15) is 25.3 Å². The van der Waals surface area contributed by atoms with E-state index in [1.807, 2.05) is 18.2 Å². The van der Waals surface area contributed by atoms with E-state index in [0.29, 0.717) is 11.1 Å². The summed E-state index contributed by atoms with van der Waals surface area (Å²) in [6.45, 7) is 3.36. The van der Waals surface area contributed by atoms with Crippen molar-refractivity contribution in [1.29, 1.82) is 0 Å². The van der Waals surface area contributed by atoms with Gasteiger partial charge in [-0.1, -0.05) is 11.6 Å². The SMILES string of the molecule is CC1CCCN1c1ccc(Cl)cc1CO. The number of nitrogens with zero attached hydrogens (tertiary/aromatic N) is 1. The lowest BCUT2D eigenvalue weighted by molar-refractivity contribution is 0.282. The first-order chi connectivity index (χ1) is 7.22. The molecule has 1 atom stereocenters. The van der Waals surface area contributed by atoms with Crippen LogP contribution in [0.2, 0.25) is 5.02 Å². The highest BCUT2D eigenvalue weighted by molar-refractivity contribution is 6.30. The standard InChI is InChI=1S/C12H16ClNO/c1-9-3-2-6-14(9)12-5-4-11(13)7-10(12)8-15/h4-5,7,9,15H,2-3,6,8H2,1H3. The van der Waals surface area contributed by atoms with Gasteiger partial charge in [-0.3, -0.25) is 0 Å². The molecule has 0 spiro atoms. The molecule has 0 aromatic heterocycles. The van der Waals surface area contributed by atoms with Gasteiger partial charge in [0.25, 0.3) is 0 Å². The lowest BCUT2D eigenvalue weighted by Gasteiger charge is -2.26. The average Bonchev–Trinajstić information content (AvgIpc) is 2.64. The van der Waals surface area contributed by atoms with E-state index in [-0.39, 0.29) is 6.61 Å². The predicted molar refractivity (Wildman–Crippen MR) is 63.4 cm³/mol. The number of benzene rings is 1. The second-order valence-corrected chi connectivity index (χ2v) is 4.55. The Labute approximate surface area is 95.5 Å². The fraction of sp³-hybridized carbons (Fsp3) is 0.500. The van der Waals surface area contributed by atoms with Crippen LogP contribution in [0, 0.1) is 0 Å². The second kappa shape index (κ2) is 4.42. The fourth-order valence-corrected chi connectivity index (χ4v) is 2.45. The molecule has 0 saturated carbocycles. The lowest BCUT2D eigenvalue weighted by atomic mass is 10.1. The van der Waals surface area contributed by atoms with Gasteiger partial charge in [-0.05, 0) is 38.0 Å². The zero-order valence-electron chi connectivity index (χ0n) is 8.91. The Bertz CT molecular complexity index is 353. The molecule has 82 valence electrons. The van der Waals surface area contributed by atoms with E-state index in [1.54, 1.807) is 0 Å². The molecule has 0 aliphatic carbocycles. The van der Waals surface area contributed by atoms with Crippen LogP contribution in [0.4, 0.5) is 5.69 Å². The summed E-state index contributed by atoms with van der Waals surface area (Å²) in [5.74, 6) is 0. The minimum atomic E-state index is 0.0547. The molecule has 3 heteroatoms. The quantitative estimate of drug-likeness (QED) is 0.837. The van der Waals surface area contributed by atoms with E-state index < -0.39 is 0 Å². The summed E-state index contributed by atoms with van der Waals surface area (Å²) in [7, 11) is 0. The summed E-state index contributed by atoms with van der Waals surface area (Å²) in [4.78, 5) is 2.35. The van der Waals surface area contributed by atoms with Crippen molar-refractivity contribution in [3.05, 3.63) is 28.8 Å². The Kier molecular flexibility index (Phi) is 3.17. The molecule has 1 aromatic rings. The van der Waals surface area contributed by atoms with Gasteiger partial charge in [-0.2, -0.15) is 0 Å². The molecule has 0 bridgehead atoms. The van der Waals surface area contributed by atoms with Crippen molar-refractivity contribution in [1.82, 2.24) is 0 Å². The fourth-order valence-electron chi connectivity index (χ4n) is 2.25. The van der Waals surface area contributed by atoms with Crippen LogP contribution in [-0.4, -0.2) is 17.7 Å². The molecule has 0 amide bonds. The first-order valence-electron chi connectivity index (χ1n) is 5.38. The predicted octanol–water partition coefficient (Wildman–Crippen LogP) is 2.82. The highest BCUT2D eigenvalue weighted by atomic mass is 35.5. The van der Waals surface area contributed by atoms with Gasteiger partial charge in [0.1, 0.15) is 0 Å². The monoisotopic (exact) mass is 225 g/mol. The van der Waals surface area contributed by atoms with Gasteiger partial charge >= 0.3 is 0 Å². The topological polar surface area (TPSA) is 23.5 Å². The molecule has 1 aliphatic heterocycles. The summed E-state index contributed by atoms with van der Waals surface area (Å²) in [5, 5.41) is 9.99. The molecule has 1 heterocycles. The number of aliphatic hydroxyl groups excluding tert-OH is 1. The largest absolute Gasteiger partial charge is 0.392 e. The molecule has 1 fully saturated rings. The Morgan fingerprint density at radius 1 is 1.53 bits per heavy atom. The molecule has 1 aliphatic rings. The molecule has 1 unspecified atom stereocenters. The lowest BCUT2D eigenvalue weighted by Crippen LogP contribution is -2.27. The minimum Gasteiger partial charge on any atom is -0.392 e. The van der Waals surface area contributed by atoms with Crippen LogP contribution >= 0.6 is 11.6 Å². The van der Waals surface area contributed by atoms with Gasteiger partial charge in [0, 0.05) is 28.9 Å². The summed E-state index contributed by atoms with van der Waals surface area (Å²) in [5.41, 5.74) is 2.06. The van der Waals surface area contributed by atoms with Crippen molar-refractivity contribution < 1.29 is 5.11 Å². The van der Waals surface area contributed by atoms with Crippen LogP contribution in [-0.2, 0) is 6.61 Å². The van der Waals surface area contributed by atoms with Gasteiger partial charge in [0.05, 0.1) is 6.61 Å². The number of anilines is 1. The third kappa shape index (κ3) is 2.11. The molecule has 2 nitrogen and oxygen atoms in total. The number of rotatable bonds is 2. The van der Waals surface area contributed by atoms with Crippen molar-refractivity contribution in [3.8, 4) is 0 Å². The van der Waals surface area contributed by atoms with Crippen LogP contribution in [0.25, 0.3) is 0 Å². The van der Waals surface area contributed by atoms with Crippen LogP contribution < -0.4 is 4.90 Å². The van der Waals surface area contributed by atoms with E-state index in [1.165, 1.54) is 12.8 Å². The van der Waals surface area contributed by atoms with Crippen molar-refractivity contribution in [2.24, 2.45) is 0 Å². The molecule has 15 heavy (non-hydrogen) atoms. The third-order valence-corrected chi connectivity index (χ3v) is 3.31. The zero-order valence-corrected chi connectivity index (χ0v) is 9.67. The molecule has 0 radical (unpaired) electrons. The average molecular weight is 226 g/mol. The van der Waals surface area contributed by atoms with E-state index in [4.69, 9.17) is 11.6 Å². The number of aliphatic hydroxyl groups is 1. The smallest absolute Gasteiger partial charge is 0.0702 e. The highest BCUT2D eigenvalue weighted by Crippen LogP contribution is 2.30. The van der Waals surface area contributed by atoms with Gasteiger partial charge in [0.2, 0.25) is 0 Å². The number of hydrogen-bond donors (Lipinski definition) is 1. The molecular weight excluding hydrogens is 210 g/mol. The van der Waals surface area contributed by atoms with Crippen LogP contribution in [0.5, 0.6) is 0 Å². The maximum atomic E-state index is 9.30. The maximum Gasteiger partial charge on any atom is 0.0702 e. The molecule has 1 N–H and O–H groups in total. The van der Waals surface area contributed by atoms with Crippen molar-refractivity contribution in [3.63, 3.8) is 0 Å². The number of halogens is 1. The Morgan fingerprint density at radius 2 is 2.33 bits per heavy atom. The van der Waals surface area contributed by atoms with Gasteiger partial charge in [0.15, 0.2) is 0 Å². The third-order valence-electron chi connectivity index (χ3n) is 3.07. The maximum absolute atomic E-state index is 9.30. The molecule has 1 aromatic carbocycles. The first kappa shape index (κ1) is 10.8. The van der Waals surface area contributed by atoms with Crippen LogP contribution in [0.15, 0.2) is 18.2 Å². The molecule has 1 saturated heterocycles. The van der Waals surface area contributed by atoms with E-state index in [9.17, 15) is 5.11 Å². The van der Waals surface area contributed by atoms with E-state index in [2.05, 4.69) is 11.8 Å². The second-order valence-electron chi connectivity index (χ2n) is 4.12. The van der Waals surface area contributed by atoms with Crippen LogP contribution in [0.3, 0.4) is 0 Å². The Balaban J connectivity index is 2.34. The Hall–Kier alpha value is -0.730. The van der Waals surface area contributed by atoms with Gasteiger partial charge in [-0.25, -0.2) is 0 Å². The summed E-state index contributed by atoms with van der Waals surface area (Å²) < 4.78 is 0. The van der Waals surface area contributed by atoms with Crippen molar-refractivity contribution >= 4 is 17.3 Å². The van der Waals surface area contributed by atoms with Crippen molar-refractivity contribution in [2.75, 3.05) is 11.4 Å². The van der Waals surface area contributed by atoms with E-state index in [0.717, 1.165) is 17.8 Å². The molecule has 2 rings (SSSR count). The van der Waals surface area contributed by atoms with Crippen molar-refractivity contribution in [2.45, 2.75) is 32.4 Å². The Morgan fingerprint density at radius 3 is 2.93 bits per heavy atom. The summed E-state index contributed by atoms with van der Waals surface area (Å²) >= 11 is 5.91. The summed E-state index contributed by atoms with van der Waals surface area (Å²) in [6, 6.07) is 6.31. The van der Waals surface area contributed by atoms with Gasteiger partial charge < -0.3 is 10.0 Å². The zero-order chi connectivity index (χ0) is 10.8. The summed E-state index contributed by atoms with van der Waals surface area (Å²) in [6.07, 6.45) is 2.46. The minimum absolute atomic E-state index is 0.0547.